The van der Waals surface area contributed by atoms with Gasteiger partial charge in [0.2, 0.25) is 0 Å². The minimum atomic E-state index is -0.190. The summed E-state index contributed by atoms with van der Waals surface area (Å²) in [6, 6.07) is 6.71. The summed E-state index contributed by atoms with van der Waals surface area (Å²) in [6.07, 6.45) is 4.99. The minimum Gasteiger partial charge on any atom is -0.300 e. The van der Waals surface area contributed by atoms with E-state index in [1.807, 2.05) is 12.1 Å². The summed E-state index contributed by atoms with van der Waals surface area (Å²) in [5, 5.41) is 0. The van der Waals surface area contributed by atoms with Crippen LogP contribution in [0.4, 0.5) is 4.39 Å². The maximum atomic E-state index is 12.8. The van der Waals surface area contributed by atoms with Crippen LogP contribution in [0, 0.1) is 18.2 Å². The number of hydrogen-bond donors (Lipinski definition) is 0. The van der Waals surface area contributed by atoms with Crippen molar-refractivity contribution in [2.24, 2.45) is 5.92 Å². The summed E-state index contributed by atoms with van der Waals surface area (Å²) in [7, 11) is 0. The summed E-state index contributed by atoms with van der Waals surface area (Å²) in [4.78, 5) is 11.2. The molecule has 0 spiro atoms. The van der Waals surface area contributed by atoms with Crippen molar-refractivity contribution in [3.63, 3.8) is 0 Å². The Balaban J connectivity index is 1.99. The van der Waals surface area contributed by atoms with Gasteiger partial charge in [0.15, 0.2) is 0 Å². The molecule has 0 aliphatic heterocycles. The highest BCUT2D eigenvalue weighted by atomic mass is 19.1. The molecular weight excluding hydrogens is 203 g/mol. The van der Waals surface area contributed by atoms with Crippen molar-refractivity contribution < 1.29 is 9.18 Å². The molecule has 1 aliphatic rings. The van der Waals surface area contributed by atoms with E-state index < -0.39 is 0 Å². The first-order chi connectivity index (χ1) is 7.66. The zero-order valence-corrected chi connectivity index (χ0v) is 9.45. The molecule has 1 aromatic carbocycles. The summed E-state index contributed by atoms with van der Waals surface area (Å²) in [6.45, 7) is 1.65. The standard InChI is InChI=1S/C14H16FO/c1-10(16)11-2-4-12(5-3-11)13-6-8-14(15)9-7-13/h2,6-9,11-12H,3-5H2,1H3. The lowest BCUT2D eigenvalue weighted by molar-refractivity contribution is -0.120. The monoisotopic (exact) mass is 219 g/mol. The predicted octanol–water partition coefficient (Wildman–Crippen LogP) is 3.50. The third-order valence-corrected chi connectivity index (χ3v) is 3.39. The Morgan fingerprint density at radius 3 is 2.44 bits per heavy atom. The summed E-state index contributed by atoms with van der Waals surface area (Å²) < 4.78 is 12.8. The van der Waals surface area contributed by atoms with Crippen LogP contribution in [0.5, 0.6) is 0 Å². The minimum absolute atomic E-state index is 0.136. The van der Waals surface area contributed by atoms with E-state index in [-0.39, 0.29) is 17.5 Å². The Morgan fingerprint density at radius 2 is 1.94 bits per heavy atom. The van der Waals surface area contributed by atoms with Crippen LogP contribution >= 0.6 is 0 Å². The lowest BCUT2D eigenvalue weighted by atomic mass is 9.77. The molecule has 0 bridgehead atoms. The zero-order valence-electron chi connectivity index (χ0n) is 9.45. The van der Waals surface area contributed by atoms with Gasteiger partial charge in [-0.1, -0.05) is 12.1 Å². The molecule has 85 valence electrons. The fourth-order valence-corrected chi connectivity index (χ4v) is 2.35. The topological polar surface area (TPSA) is 17.1 Å². The van der Waals surface area contributed by atoms with E-state index in [1.54, 1.807) is 6.92 Å². The van der Waals surface area contributed by atoms with Gasteiger partial charge in [0.05, 0.1) is 0 Å². The van der Waals surface area contributed by atoms with Gasteiger partial charge in [-0.2, -0.15) is 0 Å². The molecule has 0 aromatic heterocycles. The third kappa shape index (κ3) is 2.49. The molecule has 0 N–H and O–H groups in total. The fraction of sp³-hybridized carbons (Fsp3) is 0.429. The molecule has 2 unspecified atom stereocenters. The van der Waals surface area contributed by atoms with Gasteiger partial charge in [-0.15, -0.1) is 0 Å². The van der Waals surface area contributed by atoms with Crippen LogP contribution in [0.3, 0.4) is 0 Å². The van der Waals surface area contributed by atoms with Crippen molar-refractivity contribution >= 4 is 5.78 Å². The summed E-state index contributed by atoms with van der Waals surface area (Å²) >= 11 is 0. The van der Waals surface area contributed by atoms with Crippen LogP contribution in [0.2, 0.25) is 0 Å². The zero-order chi connectivity index (χ0) is 11.5. The van der Waals surface area contributed by atoms with Gasteiger partial charge in [0, 0.05) is 5.92 Å². The van der Waals surface area contributed by atoms with Crippen LogP contribution in [-0.2, 0) is 4.79 Å². The summed E-state index contributed by atoms with van der Waals surface area (Å²) in [5.41, 5.74) is 1.18. The SMILES string of the molecule is CC(=O)C1[CH]CC(c2ccc(F)cc2)CC1. The maximum absolute atomic E-state index is 12.8. The number of carbonyl (C=O) groups is 1. The Hall–Kier alpha value is -1.18. The lowest BCUT2D eigenvalue weighted by Gasteiger charge is -2.26. The molecule has 1 saturated carbocycles. The average Bonchev–Trinajstić information content (AvgIpc) is 2.30. The van der Waals surface area contributed by atoms with E-state index >= 15 is 0 Å². The molecule has 1 aromatic rings. The fourth-order valence-electron chi connectivity index (χ4n) is 2.35. The van der Waals surface area contributed by atoms with E-state index in [1.165, 1.54) is 17.7 Å². The second kappa shape index (κ2) is 4.77. The maximum Gasteiger partial charge on any atom is 0.133 e. The molecule has 1 fully saturated rings. The molecular formula is C14H16FO. The Labute approximate surface area is 95.7 Å². The lowest BCUT2D eigenvalue weighted by Crippen LogP contribution is -2.19. The molecule has 0 saturated heterocycles. The van der Waals surface area contributed by atoms with E-state index in [0.717, 1.165) is 19.3 Å². The van der Waals surface area contributed by atoms with Gasteiger partial charge in [-0.05, 0) is 56.2 Å². The number of rotatable bonds is 2. The summed E-state index contributed by atoms with van der Waals surface area (Å²) in [5.74, 6) is 0.663. The van der Waals surface area contributed by atoms with Crippen molar-refractivity contribution in [3.05, 3.63) is 42.1 Å². The van der Waals surface area contributed by atoms with Crippen LogP contribution in [0.1, 0.15) is 37.7 Å². The van der Waals surface area contributed by atoms with Crippen molar-refractivity contribution in [1.29, 1.82) is 0 Å². The van der Waals surface area contributed by atoms with Crippen molar-refractivity contribution in [3.8, 4) is 0 Å². The molecule has 0 amide bonds. The quantitative estimate of drug-likeness (QED) is 0.744. The highest BCUT2D eigenvalue weighted by molar-refractivity contribution is 5.79. The molecule has 1 radical (unpaired) electrons. The predicted molar refractivity (Wildman–Crippen MR) is 61.5 cm³/mol. The average molecular weight is 219 g/mol. The molecule has 2 rings (SSSR count). The molecule has 2 heteroatoms. The second-order valence-electron chi connectivity index (χ2n) is 4.51. The normalized spacial score (nSPS) is 25.4. The Bertz CT molecular complexity index is 361. The van der Waals surface area contributed by atoms with Gasteiger partial charge in [0.1, 0.15) is 11.6 Å². The largest absolute Gasteiger partial charge is 0.300 e. The van der Waals surface area contributed by atoms with Crippen molar-refractivity contribution in [2.75, 3.05) is 0 Å². The number of carbonyl (C=O) groups excluding carboxylic acids is 1. The first-order valence-corrected chi connectivity index (χ1v) is 5.76. The molecule has 0 heterocycles. The number of halogens is 1. The van der Waals surface area contributed by atoms with E-state index in [0.29, 0.717) is 5.92 Å². The van der Waals surface area contributed by atoms with E-state index in [9.17, 15) is 9.18 Å². The highest BCUT2D eigenvalue weighted by Crippen LogP contribution is 2.35. The Kier molecular flexibility index (Phi) is 3.37. The molecule has 2 atom stereocenters. The molecule has 16 heavy (non-hydrogen) atoms. The van der Waals surface area contributed by atoms with Crippen LogP contribution in [-0.4, -0.2) is 5.78 Å². The van der Waals surface area contributed by atoms with Crippen molar-refractivity contribution in [1.82, 2.24) is 0 Å². The van der Waals surface area contributed by atoms with Crippen molar-refractivity contribution in [2.45, 2.75) is 32.1 Å². The first-order valence-electron chi connectivity index (χ1n) is 5.76. The number of hydrogen-bond acceptors (Lipinski definition) is 1. The van der Waals surface area contributed by atoms with Gasteiger partial charge in [0.25, 0.3) is 0 Å². The molecule has 1 nitrogen and oxygen atoms in total. The Morgan fingerprint density at radius 1 is 1.25 bits per heavy atom. The van der Waals surface area contributed by atoms with Crippen LogP contribution < -0.4 is 0 Å². The van der Waals surface area contributed by atoms with Gasteiger partial charge in [-0.3, -0.25) is 4.79 Å². The van der Waals surface area contributed by atoms with Crippen LogP contribution in [0.25, 0.3) is 0 Å². The van der Waals surface area contributed by atoms with E-state index in [2.05, 4.69) is 6.42 Å². The third-order valence-electron chi connectivity index (χ3n) is 3.39. The van der Waals surface area contributed by atoms with Gasteiger partial charge >= 0.3 is 0 Å². The number of Topliss-reactive ketones (excluding diaryl/α,β-unsaturated/α-hetero) is 1. The van der Waals surface area contributed by atoms with E-state index in [4.69, 9.17) is 0 Å². The van der Waals surface area contributed by atoms with Gasteiger partial charge < -0.3 is 0 Å². The molecule has 1 aliphatic carbocycles. The first kappa shape index (κ1) is 11.3. The highest BCUT2D eigenvalue weighted by Gasteiger charge is 2.24. The van der Waals surface area contributed by atoms with Gasteiger partial charge in [-0.25, -0.2) is 4.39 Å². The second-order valence-corrected chi connectivity index (χ2v) is 4.51. The number of benzene rings is 1. The number of ketones is 1. The smallest absolute Gasteiger partial charge is 0.133 e. The van der Waals surface area contributed by atoms with Crippen LogP contribution in [0.15, 0.2) is 24.3 Å².